The van der Waals surface area contributed by atoms with Crippen molar-refractivity contribution in [2.45, 2.75) is 38.6 Å². The number of nitrogen functional groups attached to an aromatic ring is 1. The zero-order valence-electron chi connectivity index (χ0n) is 16.8. The molecule has 0 radical (unpaired) electrons. The zero-order valence-corrected chi connectivity index (χ0v) is 18.4. The number of halogens is 2. The Hall–Kier alpha value is -2.27. The number of nitrogens with two attached hydrogens (primary N) is 1. The third kappa shape index (κ3) is 6.64. The first-order chi connectivity index (χ1) is 13.1. The largest absolute Gasteiger partial charge is 0.399 e. The molecule has 1 saturated heterocycles. The number of piperidine rings is 1. The van der Waals surface area contributed by atoms with Crippen LogP contribution in [0.1, 0.15) is 37.4 Å². The summed E-state index contributed by atoms with van der Waals surface area (Å²) in [4.78, 5) is 11.7. The molecule has 1 unspecified atom stereocenters. The summed E-state index contributed by atoms with van der Waals surface area (Å²) in [5.41, 5.74) is 8.68. The van der Waals surface area contributed by atoms with Crippen molar-refractivity contribution >= 4 is 48.0 Å². The minimum absolute atomic E-state index is 0. The lowest BCUT2D eigenvalue weighted by molar-refractivity contribution is 0.447. The summed E-state index contributed by atoms with van der Waals surface area (Å²) in [5.74, 6) is 1.48. The molecule has 2 heterocycles. The van der Waals surface area contributed by atoms with Crippen molar-refractivity contribution in [1.82, 2.24) is 15.3 Å². The highest BCUT2D eigenvalue weighted by atomic mass is 35.5. The molecule has 1 fully saturated rings. The van der Waals surface area contributed by atoms with E-state index in [1.54, 1.807) is 18.2 Å². The second-order valence-electron chi connectivity index (χ2n) is 6.95. The molecular weight excluding hydrogens is 409 g/mol. The molecule has 158 valence electrons. The van der Waals surface area contributed by atoms with Crippen LogP contribution in [0.2, 0.25) is 0 Å². The Labute approximate surface area is 184 Å². The van der Waals surface area contributed by atoms with E-state index in [0.717, 1.165) is 49.6 Å². The third-order valence-corrected chi connectivity index (χ3v) is 4.77. The molecule has 0 spiro atoms. The van der Waals surface area contributed by atoms with Crippen molar-refractivity contribution in [3.63, 3.8) is 0 Å². The summed E-state index contributed by atoms with van der Waals surface area (Å²) in [6.07, 6.45) is 4.24. The van der Waals surface area contributed by atoms with Gasteiger partial charge in [-0.2, -0.15) is 10.2 Å². The van der Waals surface area contributed by atoms with Crippen LogP contribution in [0.15, 0.2) is 24.3 Å². The maximum atomic E-state index is 9.15. The van der Waals surface area contributed by atoms with E-state index >= 15 is 0 Å². The number of hydrogen-bond acceptors (Lipinski definition) is 7. The van der Waals surface area contributed by atoms with Crippen molar-refractivity contribution in [2.75, 3.05) is 36.1 Å². The topological polar surface area (TPSA) is 103 Å². The minimum Gasteiger partial charge on any atom is -0.399 e. The van der Waals surface area contributed by atoms with Crippen LogP contribution < -0.4 is 21.3 Å². The Balaban J connectivity index is 0.00000210. The molecule has 29 heavy (non-hydrogen) atoms. The fourth-order valence-corrected chi connectivity index (χ4v) is 3.42. The fraction of sp³-hybridized carbons (Fsp3) is 0.450. The number of nitrogens with zero attached hydrogens (tertiary/aromatic N) is 4. The lowest BCUT2D eigenvalue weighted by Gasteiger charge is -2.33. The van der Waals surface area contributed by atoms with Gasteiger partial charge in [-0.3, -0.25) is 0 Å². The fourth-order valence-electron chi connectivity index (χ4n) is 3.42. The number of benzene rings is 1. The van der Waals surface area contributed by atoms with Crippen molar-refractivity contribution in [1.29, 1.82) is 5.26 Å². The maximum Gasteiger partial charge on any atom is 0.229 e. The van der Waals surface area contributed by atoms with Crippen LogP contribution in [0, 0.1) is 11.3 Å². The predicted molar refractivity (Wildman–Crippen MR) is 124 cm³/mol. The van der Waals surface area contributed by atoms with Gasteiger partial charge >= 0.3 is 0 Å². The van der Waals surface area contributed by atoms with E-state index in [9.17, 15) is 0 Å². The molecule has 2 aromatic rings. The van der Waals surface area contributed by atoms with Crippen LogP contribution in [-0.2, 0) is 6.42 Å². The Bertz CT molecular complexity index is 838. The molecule has 3 rings (SSSR count). The van der Waals surface area contributed by atoms with Gasteiger partial charge in [0.1, 0.15) is 5.82 Å². The minimum atomic E-state index is 0. The average molecular weight is 438 g/mol. The number of nitrogens with one attached hydrogen (secondary N) is 2. The lowest BCUT2D eigenvalue weighted by Crippen LogP contribution is -2.44. The summed E-state index contributed by atoms with van der Waals surface area (Å²) in [7, 11) is 2.01. The van der Waals surface area contributed by atoms with Crippen LogP contribution >= 0.6 is 24.8 Å². The van der Waals surface area contributed by atoms with Gasteiger partial charge in [0.25, 0.3) is 0 Å². The van der Waals surface area contributed by atoms with E-state index in [1.807, 2.05) is 7.05 Å². The zero-order chi connectivity index (χ0) is 19.2. The standard InChI is InChI=1S/C20H27N7.2ClH/c1-3-5-16-11-19(27-7-4-6-17(13-27)23-2)26-20(24-16)25-18-9-14(12-21)8-15(22)10-18;;/h8-11,17,23H,3-7,13,22H2,1-2H3,(H,24,25,26);2*1H. The van der Waals surface area contributed by atoms with E-state index < -0.39 is 0 Å². The molecule has 4 N–H and O–H groups in total. The molecule has 7 nitrogen and oxygen atoms in total. The summed E-state index contributed by atoms with van der Waals surface area (Å²) in [5, 5.41) is 15.8. The average Bonchev–Trinajstić information content (AvgIpc) is 2.67. The number of hydrogen-bond donors (Lipinski definition) is 3. The molecule has 0 aliphatic carbocycles. The van der Waals surface area contributed by atoms with Gasteiger partial charge in [0, 0.05) is 42.3 Å². The lowest BCUT2D eigenvalue weighted by atomic mass is 10.1. The van der Waals surface area contributed by atoms with Gasteiger partial charge in [-0.1, -0.05) is 13.3 Å². The molecule has 0 bridgehead atoms. The maximum absolute atomic E-state index is 9.15. The molecule has 0 saturated carbocycles. The van der Waals surface area contributed by atoms with Gasteiger partial charge in [0.2, 0.25) is 5.95 Å². The van der Waals surface area contributed by atoms with Crippen LogP contribution in [0.4, 0.5) is 23.1 Å². The summed E-state index contributed by atoms with van der Waals surface area (Å²) < 4.78 is 0. The van der Waals surface area contributed by atoms with Gasteiger partial charge in [0.05, 0.1) is 11.6 Å². The second-order valence-corrected chi connectivity index (χ2v) is 6.95. The molecule has 1 aromatic carbocycles. The Morgan fingerprint density at radius 1 is 1.24 bits per heavy atom. The SMILES string of the molecule is CCCc1cc(N2CCCC(NC)C2)nc(Nc2cc(N)cc(C#N)c2)n1.Cl.Cl. The van der Waals surface area contributed by atoms with Gasteiger partial charge in [-0.25, -0.2) is 4.98 Å². The van der Waals surface area contributed by atoms with Crippen LogP contribution in [0.25, 0.3) is 0 Å². The van der Waals surface area contributed by atoms with Gasteiger partial charge < -0.3 is 21.3 Å². The van der Waals surface area contributed by atoms with Crippen molar-refractivity contribution in [3.8, 4) is 6.07 Å². The van der Waals surface area contributed by atoms with E-state index in [0.29, 0.717) is 23.2 Å². The number of rotatable bonds is 6. The highest BCUT2D eigenvalue weighted by Crippen LogP contribution is 2.24. The first kappa shape index (κ1) is 24.8. The summed E-state index contributed by atoms with van der Waals surface area (Å²) in [6, 6.07) is 9.88. The van der Waals surface area contributed by atoms with Gasteiger partial charge in [-0.05, 0) is 44.5 Å². The highest BCUT2D eigenvalue weighted by molar-refractivity contribution is 5.85. The first-order valence-electron chi connectivity index (χ1n) is 9.49. The number of anilines is 4. The third-order valence-electron chi connectivity index (χ3n) is 4.77. The Morgan fingerprint density at radius 3 is 2.72 bits per heavy atom. The molecule has 9 heteroatoms. The molecule has 1 aliphatic rings. The molecule has 1 aliphatic heterocycles. The van der Waals surface area contributed by atoms with E-state index in [1.165, 1.54) is 6.42 Å². The Kier molecular flexibility index (Phi) is 9.96. The second kappa shape index (κ2) is 11.7. The monoisotopic (exact) mass is 437 g/mol. The normalized spacial score (nSPS) is 15.6. The number of likely N-dealkylation sites (N-methyl/N-ethyl adjacent to an activating group) is 1. The van der Waals surface area contributed by atoms with Gasteiger partial charge in [-0.15, -0.1) is 24.8 Å². The number of nitriles is 1. The quantitative estimate of drug-likeness (QED) is 0.592. The van der Waals surface area contributed by atoms with Crippen LogP contribution in [0.5, 0.6) is 0 Å². The van der Waals surface area contributed by atoms with Gasteiger partial charge in [0.15, 0.2) is 0 Å². The van der Waals surface area contributed by atoms with E-state index in [4.69, 9.17) is 16.0 Å². The molecule has 0 amide bonds. The van der Waals surface area contributed by atoms with Crippen molar-refractivity contribution in [3.05, 3.63) is 35.5 Å². The van der Waals surface area contributed by atoms with Crippen molar-refractivity contribution in [2.24, 2.45) is 0 Å². The molecular formula is C20H29Cl2N7. The first-order valence-corrected chi connectivity index (χ1v) is 9.49. The van der Waals surface area contributed by atoms with Crippen LogP contribution in [0.3, 0.4) is 0 Å². The Morgan fingerprint density at radius 2 is 2.03 bits per heavy atom. The summed E-state index contributed by atoms with van der Waals surface area (Å²) >= 11 is 0. The summed E-state index contributed by atoms with van der Waals surface area (Å²) in [6.45, 7) is 4.08. The molecule has 1 aromatic heterocycles. The number of aryl methyl sites for hydroxylation is 1. The van der Waals surface area contributed by atoms with E-state index in [2.05, 4.69) is 39.6 Å². The molecule has 1 atom stereocenters. The van der Waals surface area contributed by atoms with Crippen LogP contribution in [-0.4, -0.2) is 36.1 Å². The predicted octanol–water partition coefficient (Wildman–Crippen LogP) is 3.66. The smallest absolute Gasteiger partial charge is 0.229 e. The number of aromatic nitrogens is 2. The van der Waals surface area contributed by atoms with Crippen molar-refractivity contribution < 1.29 is 0 Å². The van der Waals surface area contributed by atoms with E-state index in [-0.39, 0.29) is 24.8 Å². The highest BCUT2D eigenvalue weighted by Gasteiger charge is 2.20.